The zero-order valence-electron chi connectivity index (χ0n) is 27.4. The standard InChI is InChI=1S/C16H29N3O3.C9H18O.C7H4BrN3O2/c1-18-14-12-15(16(22-2)11-13(14)17)19(7-3-5-9-20)8-4-6-10-21;1-8(5-6-10)7-9(2,3)4;8-6-2-5(11(12)13)1-4(3-9)7(6)10/h11-12,18,20-21H,3-10,17H2,1-2H3;6,8H,5,7H2,1-4H3;1-2H,10H2. The number of carbonyl (C=O) groups excluding carboxylic acids is 1. The van der Waals surface area contributed by atoms with E-state index in [9.17, 15) is 14.9 Å². The fourth-order valence-electron chi connectivity index (χ4n) is 4.49. The molecule has 0 spiro atoms. The summed E-state index contributed by atoms with van der Waals surface area (Å²) in [6, 6.07) is 7.99. The quantitative estimate of drug-likeness (QED) is 0.0472. The molecule has 0 bridgehead atoms. The van der Waals surface area contributed by atoms with Crippen LogP contribution in [0.1, 0.15) is 71.8 Å². The highest BCUT2D eigenvalue weighted by Gasteiger charge is 2.16. The van der Waals surface area contributed by atoms with Gasteiger partial charge in [-0.15, -0.1) is 0 Å². The molecule has 0 aromatic heterocycles. The second kappa shape index (κ2) is 22.0. The first-order valence-corrected chi connectivity index (χ1v) is 15.7. The summed E-state index contributed by atoms with van der Waals surface area (Å²) in [4.78, 5) is 22.1. The van der Waals surface area contributed by atoms with Crippen molar-refractivity contribution in [3.8, 4) is 11.8 Å². The van der Waals surface area contributed by atoms with Gasteiger partial charge in [-0.25, -0.2) is 0 Å². The summed E-state index contributed by atoms with van der Waals surface area (Å²) in [5, 5.41) is 40.0. The van der Waals surface area contributed by atoms with Gasteiger partial charge in [0.1, 0.15) is 18.1 Å². The molecule has 0 amide bonds. The molecule has 1 unspecified atom stereocenters. The van der Waals surface area contributed by atoms with Crippen molar-refractivity contribution in [2.75, 3.05) is 62.1 Å². The molecule has 0 aliphatic rings. The Hall–Kier alpha value is -3.60. The van der Waals surface area contributed by atoms with Crippen molar-refractivity contribution in [3.05, 3.63) is 44.4 Å². The lowest BCUT2D eigenvalue weighted by molar-refractivity contribution is -0.384. The first kappa shape index (κ1) is 41.4. The number of aliphatic hydroxyl groups is 2. The Morgan fingerprint density at radius 2 is 1.71 bits per heavy atom. The molecule has 2 rings (SSSR count). The highest BCUT2D eigenvalue weighted by atomic mass is 79.9. The lowest BCUT2D eigenvalue weighted by Crippen LogP contribution is -2.26. The second-order valence-corrected chi connectivity index (χ2v) is 12.6. The zero-order valence-corrected chi connectivity index (χ0v) is 29.0. The average Bonchev–Trinajstić information content (AvgIpc) is 2.97. The maximum absolute atomic E-state index is 10.4. The van der Waals surface area contributed by atoms with Crippen LogP contribution in [0.4, 0.5) is 28.4 Å². The predicted molar refractivity (Wildman–Crippen MR) is 186 cm³/mol. The topological polar surface area (TPSA) is 201 Å². The van der Waals surface area contributed by atoms with Gasteiger partial charge in [-0.2, -0.15) is 5.26 Å². The number of nitro benzene ring substituents is 1. The van der Waals surface area contributed by atoms with Crippen molar-refractivity contribution in [2.24, 2.45) is 11.3 Å². The molecule has 12 nitrogen and oxygen atoms in total. The van der Waals surface area contributed by atoms with E-state index in [1.165, 1.54) is 6.07 Å². The van der Waals surface area contributed by atoms with Gasteiger partial charge in [0, 0.05) is 62.4 Å². The number of carbonyl (C=O) groups is 1. The van der Waals surface area contributed by atoms with E-state index >= 15 is 0 Å². The molecule has 2 aromatic carbocycles. The van der Waals surface area contributed by atoms with E-state index in [1.54, 1.807) is 13.2 Å². The highest BCUT2D eigenvalue weighted by molar-refractivity contribution is 9.10. The lowest BCUT2D eigenvalue weighted by Gasteiger charge is -2.27. The molecule has 1 atom stereocenters. The van der Waals surface area contributed by atoms with E-state index in [4.69, 9.17) is 31.7 Å². The van der Waals surface area contributed by atoms with E-state index in [1.807, 2.05) is 19.2 Å². The van der Waals surface area contributed by atoms with Crippen molar-refractivity contribution < 1.29 is 24.7 Å². The molecule has 13 heteroatoms. The Balaban J connectivity index is 0.000000713. The van der Waals surface area contributed by atoms with Gasteiger partial charge in [0.15, 0.2) is 0 Å². The van der Waals surface area contributed by atoms with E-state index in [2.05, 4.69) is 53.8 Å². The average molecular weight is 696 g/mol. The summed E-state index contributed by atoms with van der Waals surface area (Å²) in [6.07, 6.45) is 6.19. The minimum absolute atomic E-state index is 0.0982. The molecule has 0 aliphatic heterocycles. The van der Waals surface area contributed by atoms with Gasteiger partial charge >= 0.3 is 0 Å². The molecule has 2 aromatic rings. The van der Waals surface area contributed by atoms with Crippen LogP contribution in [0.2, 0.25) is 0 Å². The molecular formula is C32H51BrN6O6. The fourth-order valence-corrected chi connectivity index (χ4v) is 4.94. The number of halogens is 1. The second-order valence-electron chi connectivity index (χ2n) is 11.7. The number of nitrogens with one attached hydrogen (secondary N) is 1. The summed E-state index contributed by atoms with van der Waals surface area (Å²) in [7, 11) is 3.47. The van der Waals surface area contributed by atoms with Crippen molar-refractivity contribution in [1.82, 2.24) is 0 Å². The molecule has 0 fully saturated rings. The molecule has 0 aliphatic carbocycles. The molecule has 252 valence electrons. The Morgan fingerprint density at radius 1 is 1.13 bits per heavy atom. The molecule has 0 radical (unpaired) electrons. The van der Waals surface area contributed by atoms with E-state index in [0.717, 1.165) is 74.7 Å². The molecule has 0 saturated carbocycles. The van der Waals surface area contributed by atoms with Crippen molar-refractivity contribution in [1.29, 1.82) is 5.26 Å². The number of nitrogens with zero attached hydrogens (tertiary/aromatic N) is 3. The number of benzene rings is 2. The number of aldehydes is 1. The third kappa shape index (κ3) is 16.3. The van der Waals surface area contributed by atoms with Crippen LogP contribution < -0.4 is 26.4 Å². The minimum atomic E-state index is -0.578. The Labute approximate surface area is 276 Å². The number of nitro groups is 1. The van der Waals surface area contributed by atoms with Crippen LogP contribution in [-0.4, -0.2) is 61.9 Å². The number of anilines is 4. The number of aliphatic hydroxyl groups excluding tert-OH is 2. The van der Waals surface area contributed by atoms with Gasteiger partial charge in [-0.1, -0.05) is 27.7 Å². The van der Waals surface area contributed by atoms with Gasteiger partial charge in [0.2, 0.25) is 0 Å². The predicted octanol–water partition coefficient (Wildman–Crippen LogP) is 6.13. The van der Waals surface area contributed by atoms with Crippen LogP contribution in [0, 0.1) is 32.8 Å². The first-order valence-electron chi connectivity index (χ1n) is 14.9. The number of hydrogen-bond acceptors (Lipinski definition) is 11. The van der Waals surface area contributed by atoms with Gasteiger partial charge in [-0.3, -0.25) is 10.1 Å². The summed E-state index contributed by atoms with van der Waals surface area (Å²) in [6.45, 7) is 10.8. The summed E-state index contributed by atoms with van der Waals surface area (Å²) in [5.74, 6) is 1.28. The largest absolute Gasteiger partial charge is 0.495 e. The third-order valence-corrected chi connectivity index (χ3v) is 7.19. The molecule has 0 saturated heterocycles. The number of nitrogen functional groups attached to an aromatic ring is 2. The van der Waals surface area contributed by atoms with Gasteiger partial charge < -0.3 is 41.4 Å². The maximum atomic E-state index is 10.4. The van der Waals surface area contributed by atoms with E-state index < -0.39 is 4.92 Å². The Kier molecular flexibility index (Phi) is 20.2. The van der Waals surface area contributed by atoms with Crippen LogP contribution in [0.5, 0.6) is 5.75 Å². The van der Waals surface area contributed by atoms with Gasteiger partial charge in [0.05, 0.1) is 40.3 Å². The van der Waals surface area contributed by atoms with Crippen LogP contribution >= 0.6 is 15.9 Å². The molecule has 0 heterocycles. The SMILES string of the molecule is CC(CC=O)CC(C)(C)C.CNc1cc(N(CCCCO)CCCCO)c(OC)cc1N.N#Cc1cc([N+](=O)[O-])cc(Br)c1N. The molecular weight excluding hydrogens is 644 g/mol. The number of nitrogens with two attached hydrogens (primary N) is 2. The van der Waals surface area contributed by atoms with Crippen molar-refractivity contribution in [3.63, 3.8) is 0 Å². The van der Waals surface area contributed by atoms with E-state index in [-0.39, 0.29) is 30.2 Å². The van der Waals surface area contributed by atoms with E-state index in [0.29, 0.717) is 27.9 Å². The van der Waals surface area contributed by atoms with Crippen LogP contribution in [0.15, 0.2) is 28.7 Å². The number of rotatable bonds is 15. The number of hydrogen-bond donors (Lipinski definition) is 5. The molecule has 45 heavy (non-hydrogen) atoms. The zero-order chi connectivity index (χ0) is 34.6. The van der Waals surface area contributed by atoms with Crippen molar-refractivity contribution in [2.45, 2.75) is 66.2 Å². The van der Waals surface area contributed by atoms with Gasteiger partial charge in [0.25, 0.3) is 5.69 Å². The minimum Gasteiger partial charge on any atom is -0.495 e. The normalized spacial score (nSPS) is 11.1. The molecule has 7 N–H and O–H groups in total. The number of non-ortho nitro benzene ring substituents is 1. The Bertz CT molecular complexity index is 1220. The van der Waals surface area contributed by atoms with Crippen LogP contribution in [-0.2, 0) is 4.79 Å². The third-order valence-electron chi connectivity index (χ3n) is 6.54. The van der Waals surface area contributed by atoms with Crippen LogP contribution in [0.25, 0.3) is 0 Å². The number of unbranched alkanes of at least 4 members (excludes halogenated alkanes) is 2. The summed E-state index contributed by atoms with van der Waals surface area (Å²) in [5.41, 5.74) is 14.5. The highest BCUT2D eigenvalue weighted by Crippen LogP contribution is 2.36. The van der Waals surface area contributed by atoms with Crippen molar-refractivity contribution >= 4 is 50.7 Å². The smallest absolute Gasteiger partial charge is 0.272 e. The number of nitriles is 1. The fraction of sp³-hybridized carbons (Fsp3) is 0.562. The summed E-state index contributed by atoms with van der Waals surface area (Å²) < 4.78 is 5.83. The Morgan fingerprint density at radius 3 is 2.13 bits per heavy atom. The monoisotopic (exact) mass is 694 g/mol. The number of ether oxygens (including phenoxy) is 1. The van der Waals surface area contributed by atoms with Gasteiger partial charge in [-0.05, 0) is 65.4 Å². The number of methoxy groups -OCH3 is 1. The lowest BCUT2D eigenvalue weighted by atomic mass is 9.84. The summed E-state index contributed by atoms with van der Waals surface area (Å²) >= 11 is 3.03. The maximum Gasteiger partial charge on any atom is 0.272 e. The van der Waals surface area contributed by atoms with Crippen LogP contribution in [0.3, 0.4) is 0 Å². The first-order chi connectivity index (χ1) is 21.2.